The lowest BCUT2D eigenvalue weighted by atomic mass is 10.1. The van der Waals surface area contributed by atoms with Crippen LogP contribution in [0.15, 0.2) is 23.2 Å². The maximum atomic E-state index is 5.41. The molecule has 74 valence electrons. The first-order valence-electron chi connectivity index (χ1n) is 4.69. The Labute approximate surface area is 83.4 Å². The van der Waals surface area contributed by atoms with Gasteiger partial charge in [-0.3, -0.25) is 0 Å². The van der Waals surface area contributed by atoms with Gasteiger partial charge in [-0.2, -0.15) is 0 Å². The molecule has 2 rings (SSSR count). The van der Waals surface area contributed by atoms with E-state index in [1.54, 1.807) is 7.11 Å². The number of hydrogen-bond acceptors (Lipinski definition) is 3. The molecule has 0 amide bonds. The minimum atomic E-state index is 0.657. The molecular formula is C11H13NO2. The third-order valence-corrected chi connectivity index (χ3v) is 2.22. The Hall–Kier alpha value is -1.51. The van der Waals surface area contributed by atoms with Crippen molar-refractivity contribution in [3.8, 4) is 5.75 Å². The smallest absolute Gasteiger partial charge is 0.216 e. The highest BCUT2D eigenvalue weighted by molar-refractivity contribution is 5.97. The number of hydrogen-bond donors (Lipinski definition) is 0. The van der Waals surface area contributed by atoms with Crippen molar-refractivity contribution in [3.05, 3.63) is 29.3 Å². The van der Waals surface area contributed by atoms with Gasteiger partial charge in [-0.1, -0.05) is 0 Å². The summed E-state index contributed by atoms with van der Waals surface area (Å²) in [6, 6.07) is 5.93. The van der Waals surface area contributed by atoms with E-state index in [1.165, 1.54) is 5.56 Å². The lowest BCUT2D eigenvalue weighted by Crippen LogP contribution is -2.03. The molecule has 0 aromatic heterocycles. The van der Waals surface area contributed by atoms with Gasteiger partial charge in [0.25, 0.3) is 0 Å². The van der Waals surface area contributed by atoms with E-state index in [0.29, 0.717) is 13.2 Å². The fraction of sp³-hybridized carbons (Fsp3) is 0.364. The van der Waals surface area contributed by atoms with Crippen LogP contribution in [-0.4, -0.2) is 19.6 Å². The molecule has 0 saturated carbocycles. The van der Waals surface area contributed by atoms with E-state index in [2.05, 4.69) is 4.99 Å². The third kappa shape index (κ3) is 1.45. The number of rotatable bonds is 2. The Morgan fingerprint density at radius 2 is 2.29 bits per heavy atom. The van der Waals surface area contributed by atoms with Gasteiger partial charge >= 0.3 is 0 Å². The van der Waals surface area contributed by atoms with Crippen LogP contribution in [0.4, 0.5) is 0 Å². The molecule has 0 aliphatic carbocycles. The van der Waals surface area contributed by atoms with E-state index in [0.717, 1.165) is 17.2 Å². The number of ether oxygens (including phenoxy) is 2. The first kappa shape index (κ1) is 9.06. The summed E-state index contributed by atoms with van der Waals surface area (Å²) < 4.78 is 10.6. The fourth-order valence-electron chi connectivity index (χ4n) is 1.54. The first-order chi connectivity index (χ1) is 6.85. The van der Waals surface area contributed by atoms with Crippen molar-refractivity contribution >= 4 is 5.90 Å². The number of methoxy groups -OCH3 is 1. The van der Waals surface area contributed by atoms with Gasteiger partial charge in [0.1, 0.15) is 5.75 Å². The summed E-state index contributed by atoms with van der Waals surface area (Å²) in [6.45, 7) is 3.32. The predicted molar refractivity (Wildman–Crippen MR) is 54.9 cm³/mol. The first-order valence-corrected chi connectivity index (χ1v) is 4.69. The summed E-state index contributed by atoms with van der Waals surface area (Å²) in [5.74, 6) is 1.63. The van der Waals surface area contributed by atoms with Gasteiger partial charge in [-0.15, -0.1) is 0 Å². The lowest BCUT2D eigenvalue weighted by Gasteiger charge is -2.05. The van der Waals surface area contributed by atoms with Crippen molar-refractivity contribution in [1.29, 1.82) is 0 Å². The minimum absolute atomic E-state index is 0.657. The van der Waals surface area contributed by atoms with E-state index in [-0.39, 0.29) is 0 Å². The largest absolute Gasteiger partial charge is 0.497 e. The molecule has 3 nitrogen and oxygen atoms in total. The highest BCUT2D eigenvalue weighted by Gasteiger charge is 2.16. The quantitative estimate of drug-likeness (QED) is 0.715. The van der Waals surface area contributed by atoms with E-state index in [1.807, 2.05) is 25.1 Å². The Kier molecular flexibility index (Phi) is 2.39. The molecule has 0 fully saturated rings. The van der Waals surface area contributed by atoms with Crippen LogP contribution in [0, 0.1) is 0 Å². The fourth-order valence-corrected chi connectivity index (χ4v) is 1.54. The number of nitrogens with zero attached hydrogens (tertiary/aromatic N) is 1. The Bertz CT molecular complexity index is 372. The Morgan fingerprint density at radius 3 is 3.00 bits per heavy atom. The molecule has 14 heavy (non-hydrogen) atoms. The van der Waals surface area contributed by atoms with Crippen LogP contribution < -0.4 is 4.74 Å². The van der Waals surface area contributed by atoms with Gasteiger partial charge in [0.05, 0.1) is 20.3 Å². The Balaban J connectivity index is 2.29. The SMILES string of the molecule is CCOC1=NCc2cc(OC)ccc21. The van der Waals surface area contributed by atoms with Crippen LogP contribution in [0.5, 0.6) is 5.75 Å². The molecule has 3 heteroatoms. The molecular weight excluding hydrogens is 178 g/mol. The summed E-state index contributed by atoms with van der Waals surface area (Å²) >= 11 is 0. The van der Waals surface area contributed by atoms with Crippen LogP contribution >= 0.6 is 0 Å². The van der Waals surface area contributed by atoms with Crippen molar-refractivity contribution < 1.29 is 9.47 Å². The molecule has 0 radical (unpaired) electrons. The summed E-state index contributed by atoms with van der Waals surface area (Å²) in [4.78, 5) is 4.31. The topological polar surface area (TPSA) is 30.8 Å². The van der Waals surface area contributed by atoms with Crippen molar-refractivity contribution in [1.82, 2.24) is 0 Å². The average molecular weight is 191 g/mol. The predicted octanol–water partition coefficient (Wildman–Crippen LogP) is 1.99. The zero-order valence-electron chi connectivity index (χ0n) is 8.41. The molecule has 1 aliphatic heterocycles. The van der Waals surface area contributed by atoms with Gasteiger partial charge in [-0.25, -0.2) is 4.99 Å². The van der Waals surface area contributed by atoms with Crippen LogP contribution in [-0.2, 0) is 11.3 Å². The minimum Gasteiger partial charge on any atom is -0.497 e. The van der Waals surface area contributed by atoms with E-state index >= 15 is 0 Å². The summed E-state index contributed by atoms with van der Waals surface area (Å²) in [6.07, 6.45) is 0. The molecule has 1 heterocycles. The van der Waals surface area contributed by atoms with Gasteiger partial charge in [0.15, 0.2) is 0 Å². The highest BCUT2D eigenvalue weighted by atomic mass is 16.5. The van der Waals surface area contributed by atoms with Crippen LogP contribution in [0.25, 0.3) is 0 Å². The summed E-state index contributed by atoms with van der Waals surface area (Å²) in [5, 5.41) is 0. The molecule has 0 spiro atoms. The van der Waals surface area contributed by atoms with E-state index < -0.39 is 0 Å². The average Bonchev–Trinajstić information content (AvgIpc) is 2.61. The standard InChI is InChI=1S/C11H13NO2/c1-3-14-11-10-5-4-9(13-2)6-8(10)7-12-11/h4-6H,3,7H2,1-2H3. The molecule has 0 bridgehead atoms. The van der Waals surface area contributed by atoms with Crippen LogP contribution in [0.2, 0.25) is 0 Å². The number of aliphatic imine (C=N–C) groups is 1. The maximum absolute atomic E-state index is 5.41. The second kappa shape index (κ2) is 3.70. The van der Waals surface area contributed by atoms with Crippen molar-refractivity contribution in [2.24, 2.45) is 4.99 Å². The Morgan fingerprint density at radius 1 is 1.43 bits per heavy atom. The molecule has 0 unspecified atom stereocenters. The van der Waals surface area contributed by atoms with Crippen molar-refractivity contribution in [2.45, 2.75) is 13.5 Å². The van der Waals surface area contributed by atoms with E-state index in [4.69, 9.17) is 9.47 Å². The van der Waals surface area contributed by atoms with Crippen molar-refractivity contribution in [3.63, 3.8) is 0 Å². The maximum Gasteiger partial charge on any atom is 0.216 e. The van der Waals surface area contributed by atoms with Gasteiger partial charge in [0.2, 0.25) is 5.90 Å². The molecule has 1 aromatic carbocycles. The van der Waals surface area contributed by atoms with Gasteiger partial charge < -0.3 is 9.47 Å². The third-order valence-electron chi connectivity index (χ3n) is 2.22. The normalized spacial score (nSPS) is 13.4. The molecule has 0 atom stereocenters. The molecule has 1 aromatic rings. The molecule has 0 N–H and O–H groups in total. The summed E-state index contributed by atoms with van der Waals surface area (Å²) in [5.41, 5.74) is 2.26. The molecule has 1 aliphatic rings. The van der Waals surface area contributed by atoms with E-state index in [9.17, 15) is 0 Å². The van der Waals surface area contributed by atoms with Crippen LogP contribution in [0.3, 0.4) is 0 Å². The highest BCUT2D eigenvalue weighted by Crippen LogP contribution is 2.24. The zero-order valence-corrected chi connectivity index (χ0v) is 8.41. The number of fused-ring (bicyclic) bond motifs is 1. The van der Waals surface area contributed by atoms with Crippen molar-refractivity contribution in [2.75, 3.05) is 13.7 Å². The van der Waals surface area contributed by atoms with Crippen LogP contribution in [0.1, 0.15) is 18.1 Å². The summed E-state index contributed by atoms with van der Waals surface area (Å²) in [7, 11) is 1.67. The van der Waals surface area contributed by atoms with Gasteiger partial charge in [0, 0.05) is 5.56 Å². The second-order valence-electron chi connectivity index (χ2n) is 3.08. The van der Waals surface area contributed by atoms with Gasteiger partial charge in [-0.05, 0) is 30.7 Å². The lowest BCUT2D eigenvalue weighted by molar-refractivity contribution is 0.329. The number of benzene rings is 1. The second-order valence-corrected chi connectivity index (χ2v) is 3.08. The monoisotopic (exact) mass is 191 g/mol. The zero-order chi connectivity index (χ0) is 9.97. The molecule has 0 saturated heterocycles.